The molecule has 3 heterocycles. The number of nitrogen functional groups attached to an aromatic ring is 1. The second kappa shape index (κ2) is 5.82. The van der Waals surface area contributed by atoms with E-state index in [4.69, 9.17) is 28.9 Å². The molecule has 3 rings (SSSR count). The summed E-state index contributed by atoms with van der Waals surface area (Å²) >= 11 is 12.3. The Morgan fingerprint density at radius 2 is 2.09 bits per heavy atom. The number of nitrogens with one attached hydrogen (secondary N) is 1. The summed E-state index contributed by atoms with van der Waals surface area (Å²) in [6.07, 6.45) is 1.74. The Balaban J connectivity index is 2.02. The van der Waals surface area contributed by atoms with Gasteiger partial charge in [0.05, 0.1) is 17.3 Å². The SMILES string of the molecule is Cc1ncc(CN2CC(=O)Nc3c(Cl)nc(N)nc32)c(C)c1Cl. The van der Waals surface area contributed by atoms with Gasteiger partial charge in [-0.05, 0) is 25.0 Å². The lowest BCUT2D eigenvalue weighted by Gasteiger charge is -2.30. The Kier molecular flexibility index (Phi) is 3.99. The first-order valence-corrected chi connectivity index (χ1v) is 7.60. The molecule has 0 fully saturated rings. The van der Waals surface area contributed by atoms with Gasteiger partial charge in [0.2, 0.25) is 11.9 Å². The van der Waals surface area contributed by atoms with E-state index in [1.54, 1.807) is 11.1 Å². The molecule has 0 bridgehead atoms. The highest BCUT2D eigenvalue weighted by atomic mass is 35.5. The Bertz CT molecular complexity index is 810. The molecule has 1 aliphatic rings. The standard InChI is InChI=1S/C14H14Cl2N6O/c1-6-8(3-18-7(2)10(6)15)4-22-5-9(23)19-11-12(16)20-14(17)21-13(11)22/h3H,4-5H2,1-2H3,(H,19,23)(H2,17,20,21). The number of nitrogens with two attached hydrogens (primary N) is 1. The molecule has 0 atom stereocenters. The van der Waals surface area contributed by atoms with Crippen molar-refractivity contribution in [2.45, 2.75) is 20.4 Å². The van der Waals surface area contributed by atoms with Crippen molar-refractivity contribution in [1.29, 1.82) is 0 Å². The van der Waals surface area contributed by atoms with Crippen molar-refractivity contribution in [2.24, 2.45) is 0 Å². The first kappa shape index (κ1) is 15.8. The van der Waals surface area contributed by atoms with Gasteiger partial charge in [-0.1, -0.05) is 23.2 Å². The number of rotatable bonds is 2. The second-order valence-corrected chi connectivity index (χ2v) is 6.02. The number of hydrogen-bond donors (Lipinski definition) is 2. The maximum atomic E-state index is 11.9. The van der Waals surface area contributed by atoms with Gasteiger partial charge in [-0.25, -0.2) is 0 Å². The molecule has 3 N–H and O–H groups in total. The van der Waals surface area contributed by atoms with Crippen molar-refractivity contribution < 1.29 is 4.79 Å². The minimum absolute atomic E-state index is 0.0479. The van der Waals surface area contributed by atoms with Crippen molar-refractivity contribution in [3.05, 3.63) is 33.2 Å². The van der Waals surface area contributed by atoms with Crippen LogP contribution in [0.1, 0.15) is 16.8 Å². The van der Waals surface area contributed by atoms with E-state index in [1.807, 2.05) is 13.8 Å². The number of aryl methyl sites for hydroxylation is 1. The van der Waals surface area contributed by atoms with Crippen molar-refractivity contribution in [3.63, 3.8) is 0 Å². The summed E-state index contributed by atoms with van der Waals surface area (Å²) in [6, 6.07) is 0. The number of carbonyl (C=O) groups excluding carboxylic acids is 1. The number of nitrogens with zero attached hydrogens (tertiary/aromatic N) is 4. The Morgan fingerprint density at radius 1 is 1.35 bits per heavy atom. The molecular weight excluding hydrogens is 339 g/mol. The number of pyridine rings is 1. The van der Waals surface area contributed by atoms with Crippen LogP contribution in [0.3, 0.4) is 0 Å². The van der Waals surface area contributed by atoms with Crippen LogP contribution in [0.15, 0.2) is 6.20 Å². The van der Waals surface area contributed by atoms with Gasteiger partial charge in [0.1, 0.15) is 5.69 Å². The van der Waals surface area contributed by atoms with Gasteiger partial charge in [0.15, 0.2) is 11.0 Å². The lowest BCUT2D eigenvalue weighted by molar-refractivity contribution is -0.115. The highest BCUT2D eigenvalue weighted by Crippen LogP contribution is 2.35. The molecule has 120 valence electrons. The van der Waals surface area contributed by atoms with Crippen LogP contribution in [0.4, 0.5) is 17.5 Å². The molecule has 0 aliphatic carbocycles. The molecule has 2 aromatic heterocycles. The Morgan fingerprint density at radius 3 is 2.83 bits per heavy atom. The first-order valence-electron chi connectivity index (χ1n) is 6.85. The highest BCUT2D eigenvalue weighted by molar-refractivity contribution is 6.33. The fourth-order valence-corrected chi connectivity index (χ4v) is 2.83. The summed E-state index contributed by atoms with van der Waals surface area (Å²) in [5.74, 6) is 0.335. The minimum atomic E-state index is -0.198. The monoisotopic (exact) mass is 352 g/mol. The lowest BCUT2D eigenvalue weighted by atomic mass is 10.1. The van der Waals surface area contributed by atoms with E-state index in [9.17, 15) is 4.79 Å². The minimum Gasteiger partial charge on any atom is -0.368 e. The third-order valence-corrected chi connectivity index (χ3v) is 4.50. The van der Waals surface area contributed by atoms with Crippen LogP contribution in [-0.4, -0.2) is 27.4 Å². The summed E-state index contributed by atoms with van der Waals surface area (Å²) in [5.41, 5.74) is 8.61. The topological polar surface area (TPSA) is 97.0 Å². The van der Waals surface area contributed by atoms with Gasteiger partial charge in [-0.3, -0.25) is 9.78 Å². The second-order valence-electron chi connectivity index (χ2n) is 5.28. The zero-order chi connectivity index (χ0) is 16.7. The Hall–Kier alpha value is -2.12. The molecule has 9 heteroatoms. The Labute approximate surface area is 142 Å². The average Bonchev–Trinajstić information content (AvgIpc) is 2.49. The van der Waals surface area contributed by atoms with Crippen LogP contribution in [0, 0.1) is 13.8 Å². The van der Waals surface area contributed by atoms with Gasteiger partial charge < -0.3 is 16.0 Å². The van der Waals surface area contributed by atoms with E-state index in [2.05, 4.69) is 20.3 Å². The fraction of sp³-hybridized carbons (Fsp3) is 0.286. The average molecular weight is 353 g/mol. The van der Waals surface area contributed by atoms with Crippen molar-refractivity contribution in [1.82, 2.24) is 15.0 Å². The van der Waals surface area contributed by atoms with E-state index in [0.717, 1.165) is 16.8 Å². The van der Waals surface area contributed by atoms with Crippen molar-refractivity contribution >= 4 is 46.6 Å². The molecule has 7 nitrogen and oxygen atoms in total. The predicted octanol–water partition coefficient (Wildman–Crippen LogP) is 2.34. The van der Waals surface area contributed by atoms with Gasteiger partial charge in [0.25, 0.3) is 0 Å². The van der Waals surface area contributed by atoms with Crippen molar-refractivity contribution in [3.8, 4) is 0 Å². The van der Waals surface area contributed by atoms with Crippen LogP contribution in [0.25, 0.3) is 0 Å². The number of halogens is 2. The van der Waals surface area contributed by atoms with Crippen LogP contribution in [0.2, 0.25) is 10.2 Å². The van der Waals surface area contributed by atoms with Gasteiger partial charge in [0, 0.05) is 12.7 Å². The number of hydrogen-bond acceptors (Lipinski definition) is 6. The fourth-order valence-electron chi connectivity index (χ4n) is 2.44. The smallest absolute Gasteiger partial charge is 0.244 e. The van der Waals surface area contributed by atoms with Gasteiger partial charge >= 0.3 is 0 Å². The van der Waals surface area contributed by atoms with Crippen LogP contribution >= 0.6 is 23.2 Å². The van der Waals surface area contributed by atoms with E-state index < -0.39 is 0 Å². The summed E-state index contributed by atoms with van der Waals surface area (Å²) in [7, 11) is 0. The van der Waals surface area contributed by atoms with Gasteiger partial charge in [-0.15, -0.1) is 0 Å². The molecule has 0 saturated carbocycles. The number of aromatic nitrogens is 3. The van der Waals surface area contributed by atoms with E-state index in [1.165, 1.54) is 0 Å². The van der Waals surface area contributed by atoms with E-state index >= 15 is 0 Å². The largest absolute Gasteiger partial charge is 0.368 e. The normalized spacial score (nSPS) is 13.7. The van der Waals surface area contributed by atoms with Gasteiger partial charge in [-0.2, -0.15) is 9.97 Å². The van der Waals surface area contributed by atoms with E-state index in [-0.39, 0.29) is 23.6 Å². The maximum Gasteiger partial charge on any atom is 0.244 e. The summed E-state index contributed by atoms with van der Waals surface area (Å²) in [5, 5.41) is 3.40. The molecule has 0 aromatic carbocycles. The molecule has 0 spiro atoms. The maximum absolute atomic E-state index is 11.9. The summed E-state index contributed by atoms with van der Waals surface area (Å²) < 4.78 is 0. The zero-order valence-electron chi connectivity index (χ0n) is 12.5. The molecule has 0 saturated heterocycles. The molecule has 1 aliphatic heterocycles. The molecule has 0 radical (unpaired) electrons. The molecule has 2 aromatic rings. The quantitative estimate of drug-likeness (QED) is 0.805. The molecule has 1 amide bonds. The number of anilines is 3. The van der Waals surface area contributed by atoms with Crippen molar-refractivity contribution in [2.75, 3.05) is 22.5 Å². The molecule has 23 heavy (non-hydrogen) atoms. The van der Waals surface area contributed by atoms with Crippen LogP contribution in [0.5, 0.6) is 0 Å². The van der Waals surface area contributed by atoms with E-state index in [0.29, 0.717) is 23.1 Å². The first-order chi connectivity index (χ1) is 10.9. The number of fused-ring (bicyclic) bond motifs is 1. The van der Waals surface area contributed by atoms with Crippen LogP contribution < -0.4 is 16.0 Å². The summed E-state index contributed by atoms with van der Waals surface area (Å²) in [4.78, 5) is 26.0. The molecular formula is C14H14Cl2N6O. The zero-order valence-corrected chi connectivity index (χ0v) is 14.0. The summed E-state index contributed by atoms with van der Waals surface area (Å²) in [6.45, 7) is 4.30. The highest BCUT2D eigenvalue weighted by Gasteiger charge is 2.27. The number of amides is 1. The lowest BCUT2D eigenvalue weighted by Crippen LogP contribution is -2.39. The number of carbonyl (C=O) groups is 1. The third-order valence-electron chi connectivity index (χ3n) is 3.67. The molecule has 0 unspecified atom stereocenters. The van der Waals surface area contributed by atoms with Crippen LogP contribution in [-0.2, 0) is 11.3 Å². The third kappa shape index (κ3) is 2.89. The predicted molar refractivity (Wildman–Crippen MR) is 89.9 cm³/mol.